The zero-order chi connectivity index (χ0) is 24.5. The van der Waals surface area contributed by atoms with Crippen LogP contribution < -0.4 is 5.73 Å². The molecule has 0 radical (unpaired) electrons. The quantitative estimate of drug-likeness (QED) is 0.444. The largest absolute Gasteiger partial charge is 0.388 e. The Morgan fingerprint density at radius 2 is 1.60 bits per heavy atom. The number of nitrogens with two attached hydrogens (primary N) is 1. The summed E-state index contributed by atoms with van der Waals surface area (Å²) in [4.78, 5) is 28.9. The van der Waals surface area contributed by atoms with Crippen molar-refractivity contribution in [2.24, 2.45) is 11.7 Å². The van der Waals surface area contributed by atoms with E-state index in [0.717, 1.165) is 12.1 Å². The molecule has 1 fully saturated rings. The first-order valence-electron chi connectivity index (χ1n) is 11.3. The summed E-state index contributed by atoms with van der Waals surface area (Å²) in [6, 6.07) is 4.27. The van der Waals surface area contributed by atoms with Gasteiger partial charge in [0, 0.05) is 38.3 Å². The number of carbonyl (C=O) groups excluding carboxylic acids is 2. The van der Waals surface area contributed by atoms with E-state index in [1.165, 1.54) is 17.0 Å². The van der Waals surface area contributed by atoms with Crippen molar-refractivity contribution in [1.29, 1.82) is 0 Å². The van der Waals surface area contributed by atoms with E-state index >= 15 is 0 Å². The molecule has 1 aliphatic rings. The molecule has 12 heteroatoms. The topological polar surface area (TPSA) is 137 Å². The maximum absolute atomic E-state index is 13.3. The van der Waals surface area contributed by atoms with Gasteiger partial charge in [-0.15, -0.1) is 24.8 Å². The maximum Gasteiger partial charge on any atom is 0.254 e. The number of hydrogen-bond acceptors (Lipinski definition) is 7. The number of benzene rings is 1. The van der Waals surface area contributed by atoms with Crippen LogP contribution in [0.3, 0.4) is 0 Å². The van der Waals surface area contributed by atoms with Crippen molar-refractivity contribution in [3.8, 4) is 0 Å². The molecule has 1 saturated heterocycles. The molecule has 0 saturated carbocycles. The van der Waals surface area contributed by atoms with E-state index in [1.54, 1.807) is 4.90 Å². The van der Waals surface area contributed by atoms with E-state index in [9.17, 15) is 29.3 Å². The number of halogens is 3. The molecule has 35 heavy (non-hydrogen) atoms. The van der Waals surface area contributed by atoms with Gasteiger partial charge in [-0.3, -0.25) is 9.59 Å². The van der Waals surface area contributed by atoms with Crippen LogP contribution in [0.1, 0.15) is 37.0 Å². The van der Waals surface area contributed by atoms with Crippen molar-refractivity contribution in [2.75, 3.05) is 39.4 Å². The second-order valence-electron chi connectivity index (χ2n) is 8.76. The number of amides is 2. The Morgan fingerprint density at radius 3 is 2.20 bits per heavy atom. The fraction of sp³-hybridized carbons (Fsp3) is 0.652. The monoisotopic (exact) mass is 541 g/mol. The molecule has 202 valence electrons. The minimum absolute atomic E-state index is 0. The molecule has 4 atom stereocenters. The molecular formula is C23H38Cl2FN3O6. The minimum Gasteiger partial charge on any atom is -0.388 e. The molecule has 0 spiro atoms. The van der Waals surface area contributed by atoms with Gasteiger partial charge in [-0.1, -0.05) is 13.8 Å². The zero-order valence-electron chi connectivity index (χ0n) is 20.1. The van der Waals surface area contributed by atoms with Crippen LogP contribution >= 0.6 is 24.8 Å². The maximum atomic E-state index is 13.3. The van der Waals surface area contributed by atoms with E-state index in [-0.39, 0.29) is 68.4 Å². The normalized spacial score (nSPS) is 23.5. The van der Waals surface area contributed by atoms with Gasteiger partial charge in [-0.25, -0.2) is 4.39 Å². The summed E-state index contributed by atoms with van der Waals surface area (Å²) < 4.78 is 18.7. The Labute approximate surface area is 218 Å². The molecular weight excluding hydrogens is 504 g/mol. The smallest absolute Gasteiger partial charge is 0.254 e. The highest BCUT2D eigenvalue weighted by Crippen LogP contribution is 2.13. The average molecular weight is 542 g/mol. The Hall–Kier alpha value is -1.53. The molecule has 5 N–H and O–H groups in total. The van der Waals surface area contributed by atoms with Gasteiger partial charge in [0.1, 0.15) is 24.1 Å². The van der Waals surface area contributed by atoms with E-state index in [1.807, 2.05) is 13.8 Å². The Bertz CT molecular complexity index is 774. The third-order valence-corrected chi connectivity index (χ3v) is 5.78. The lowest BCUT2D eigenvalue weighted by atomic mass is 10.0. The first-order valence-corrected chi connectivity index (χ1v) is 11.3. The van der Waals surface area contributed by atoms with Crippen LogP contribution in [0, 0.1) is 11.7 Å². The van der Waals surface area contributed by atoms with E-state index in [2.05, 4.69) is 0 Å². The van der Waals surface area contributed by atoms with Crippen molar-refractivity contribution >= 4 is 36.6 Å². The molecule has 2 amide bonds. The average Bonchev–Trinajstić information content (AvgIpc) is 2.79. The second-order valence-corrected chi connectivity index (χ2v) is 8.76. The van der Waals surface area contributed by atoms with Crippen LogP contribution in [0.2, 0.25) is 0 Å². The molecule has 1 aromatic carbocycles. The van der Waals surface area contributed by atoms with Gasteiger partial charge in [0.25, 0.3) is 5.91 Å². The summed E-state index contributed by atoms with van der Waals surface area (Å²) in [5, 5.41) is 30.9. The predicted octanol–water partition coefficient (Wildman–Crippen LogP) is 0.817. The minimum atomic E-state index is -1.54. The molecule has 0 aromatic heterocycles. The number of β-amino-alcohol motifs (C(OH)–C–C–N with tert-alkyl or cyclic N) is 1. The van der Waals surface area contributed by atoms with Crippen LogP contribution in [0.4, 0.5) is 4.39 Å². The molecule has 0 aliphatic carbocycles. The van der Waals surface area contributed by atoms with Crippen LogP contribution in [0.15, 0.2) is 24.3 Å². The summed E-state index contributed by atoms with van der Waals surface area (Å²) in [5.41, 5.74) is 6.27. The fourth-order valence-corrected chi connectivity index (χ4v) is 3.52. The molecule has 1 aromatic rings. The lowest BCUT2D eigenvalue weighted by Crippen LogP contribution is -2.52. The number of aliphatic hydroxyl groups excluding tert-OH is 3. The van der Waals surface area contributed by atoms with Gasteiger partial charge >= 0.3 is 0 Å². The number of nitrogens with zero attached hydrogens (tertiary/aromatic N) is 2. The third kappa shape index (κ3) is 10.2. The van der Waals surface area contributed by atoms with Crippen LogP contribution in [0.5, 0.6) is 0 Å². The summed E-state index contributed by atoms with van der Waals surface area (Å²) in [5.74, 6) is -1.29. The third-order valence-electron chi connectivity index (χ3n) is 5.78. The highest BCUT2D eigenvalue weighted by atomic mass is 35.5. The standard InChI is InChI=1S/C23H36FN3O6.2ClH/c1-15(2)20(25)23(32)26-9-3-4-12-33-14-19(29)21(30)18(28)13-27(11-10-26)22(31)16-5-7-17(24)8-6-16;;/h5-8,15,18-21,28-30H,3-4,9-14,25H2,1-2H3;2*1H/t18-,19+,20+,21+;;/m0../s1. The van der Waals surface area contributed by atoms with Gasteiger partial charge in [-0.05, 0) is 43.0 Å². The predicted molar refractivity (Wildman–Crippen MR) is 134 cm³/mol. The molecule has 2 rings (SSSR count). The molecule has 1 heterocycles. The van der Waals surface area contributed by atoms with E-state index in [0.29, 0.717) is 26.0 Å². The summed E-state index contributed by atoms with van der Waals surface area (Å²) in [6.07, 6.45) is -3.08. The Morgan fingerprint density at radius 1 is 1.00 bits per heavy atom. The second kappa shape index (κ2) is 16.3. The summed E-state index contributed by atoms with van der Waals surface area (Å²) in [6.45, 7) is 4.20. The van der Waals surface area contributed by atoms with Gasteiger partial charge < -0.3 is 35.6 Å². The van der Waals surface area contributed by atoms with Crippen molar-refractivity contribution in [1.82, 2.24) is 9.80 Å². The van der Waals surface area contributed by atoms with E-state index < -0.39 is 36.1 Å². The molecule has 0 bridgehead atoms. The number of rotatable bonds is 3. The Kier molecular flexibility index (Phi) is 15.5. The first-order chi connectivity index (χ1) is 15.6. The number of ether oxygens (including phenoxy) is 1. The Balaban J connectivity index is 0.00000578. The van der Waals surface area contributed by atoms with Gasteiger partial charge in [-0.2, -0.15) is 0 Å². The van der Waals surface area contributed by atoms with Gasteiger partial charge in [0.05, 0.1) is 12.6 Å². The van der Waals surface area contributed by atoms with Gasteiger partial charge in [0.15, 0.2) is 0 Å². The first kappa shape index (κ1) is 33.5. The number of hydrogen-bond donors (Lipinski definition) is 4. The SMILES string of the molecule is CC(C)[C@@H](N)C(=O)N1CCCCOC[C@@H](O)[C@H](O)[C@@H](O)CN(C(=O)c2ccc(F)cc2)CC1.Cl.Cl. The number of aliphatic hydroxyl groups is 3. The summed E-state index contributed by atoms with van der Waals surface area (Å²) in [7, 11) is 0. The van der Waals surface area contributed by atoms with Gasteiger partial charge in [0.2, 0.25) is 5.91 Å². The summed E-state index contributed by atoms with van der Waals surface area (Å²) >= 11 is 0. The number of carbonyl (C=O) groups is 2. The van der Waals surface area contributed by atoms with Crippen molar-refractivity contribution in [2.45, 2.75) is 51.0 Å². The van der Waals surface area contributed by atoms with Crippen molar-refractivity contribution in [3.63, 3.8) is 0 Å². The lowest BCUT2D eigenvalue weighted by Gasteiger charge is -2.33. The molecule has 9 nitrogen and oxygen atoms in total. The van der Waals surface area contributed by atoms with Crippen LogP contribution in [0.25, 0.3) is 0 Å². The van der Waals surface area contributed by atoms with Crippen molar-refractivity contribution in [3.05, 3.63) is 35.6 Å². The van der Waals surface area contributed by atoms with Crippen molar-refractivity contribution < 1.29 is 34.0 Å². The highest BCUT2D eigenvalue weighted by molar-refractivity contribution is 5.94. The molecule has 1 aliphatic heterocycles. The molecule has 0 unspecified atom stereocenters. The van der Waals surface area contributed by atoms with Crippen LogP contribution in [-0.4, -0.2) is 101 Å². The zero-order valence-corrected chi connectivity index (χ0v) is 21.7. The fourth-order valence-electron chi connectivity index (χ4n) is 3.52. The lowest BCUT2D eigenvalue weighted by molar-refractivity contribution is -0.134. The van der Waals surface area contributed by atoms with E-state index in [4.69, 9.17) is 10.5 Å². The van der Waals surface area contributed by atoms with Crippen LogP contribution in [-0.2, 0) is 9.53 Å². The highest BCUT2D eigenvalue weighted by Gasteiger charge is 2.30.